The van der Waals surface area contributed by atoms with Crippen LogP contribution < -0.4 is 5.73 Å². The summed E-state index contributed by atoms with van der Waals surface area (Å²) in [6.45, 7) is 3.57. The molecule has 0 fully saturated rings. The maximum atomic E-state index is 12.6. The summed E-state index contributed by atoms with van der Waals surface area (Å²) in [6, 6.07) is 0. The van der Waals surface area contributed by atoms with Crippen LogP contribution in [0.1, 0.15) is 168 Å². The number of hydrogen-bond acceptors (Lipinski definition) is 8. The summed E-state index contributed by atoms with van der Waals surface area (Å²) >= 11 is 0. The van der Waals surface area contributed by atoms with E-state index in [0.717, 1.165) is 57.8 Å². The van der Waals surface area contributed by atoms with E-state index in [9.17, 15) is 19.0 Å². The van der Waals surface area contributed by atoms with Gasteiger partial charge in [-0.2, -0.15) is 0 Å². The van der Waals surface area contributed by atoms with Gasteiger partial charge < -0.3 is 20.1 Å². The molecule has 0 saturated heterocycles. The van der Waals surface area contributed by atoms with Crippen molar-refractivity contribution in [1.29, 1.82) is 0 Å². The summed E-state index contributed by atoms with van der Waals surface area (Å²) in [7, 11) is -4.40. The zero-order chi connectivity index (χ0) is 41.8. The van der Waals surface area contributed by atoms with Crippen molar-refractivity contribution in [3.8, 4) is 0 Å². The van der Waals surface area contributed by atoms with E-state index in [1.165, 1.54) is 70.6 Å². The minimum absolute atomic E-state index is 0.0367. The third kappa shape index (κ3) is 42.6. The molecule has 0 rings (SSSR count). The lowest BCUT2D eigenvalue weighted by Crippen LogP contribution is -2.29. The molecule has 9 nitrogen and oxygen atoms in total. The molecule has 2 atom stereocenters. The Labute approximate surface area is 347 Å². The van der Waals surface area contributed by atoms with Crippen LogP contribution in [0.25, 0.3) is 0 Å². The van der Waals surface area contributed by atoms with E-state index in [-0.39, 0.29) is 32.6 Å². The minimum Gasteiger partial charge on any atom is -0.462 e. The highest BCUT2D eigenvalue weighted by Crippen LogP contribution is 2.43. The van der Waals surface area contributed by atoms with Crippen LogP contribution >= 0.6 is 7.82 Å². The van der Waals surface area contributed by atoms with Gasteiger partial charge in [-0.05, 0) is 83.5 Å². The van der Waals surface area contributed by atoms with E-state index in [1.54, 1.807) is 0 Å². The van der Waals surface area contributed by atoms with E-state index in [1.807, 2.05) is 12.2 Å². The second kappa shape index (κ2) is 42.8. The van der Waals surface area contributed by atoms with Crippen molar-refractivity contribution < 1.29 is 37.6 Å². The van der Waals surface area contributed by atoms with Crippen LogP contribution in [0.3, 0.4) is 0 Å². The summed E-state index contributed by atoms with van der Waals surface area (Å²) in [5.41, 5.74) is 5.34. The molecule has 0 aromatic heterocycles. The van der Waals surface area contributed by atoms with Gasteiger partial charge in [-0.25, -0.2) is 4.57 Å². The first-order chi connectivity index (χ1) is 27.8. The average Bonchev–Trinajstić information content (AvgIpc) is 3.20. The van der Waals surface area contributed by atoms with Crippen LogP contribution in [0.5, 0.6) is 0 Å². The van der Waals surface area contributed by atoms with Gasteiger partial charge in [0.2, 0.25) is 0 Å². The Kier molecular flexibility index (Phi) is 40.7. The molecule has 0 aromatic rings. The van der Waals surface area contributed by atoms with Gasteiger partial charge in [0.15, 0.2) is 6.10 Å². The minimum atomic E-state index is -4.40. The Morgan fingerprint density at radius 2 is 0.947 bits per heavy atom. The van der Waals surface area contributed by atoms with Crippen molar-refractivity contribution in [2.24, 2.45) is 5.73 Å². The van der Waals surface area contributed by atoms with Gasteiger partial charge in [0.1, 0.15) is 6.61 Å². The van der Waals surface area contributed by atoms with Gasteiger partial charge >= 0.3 is 19.8 Å². The van der Waals surface area contributed by atoms with Gasteiger partial charge in [0.25, 0.3) is 0 Å². The third-order valence-corrected chi connectivity index (χ3v) is 9.75. The molecule has 57 heavy (non-hydrogen) atoms. The van der Waals surface area contributed by atoms with Gasteiger partial charge in [0.05, 0.1) is 13.2 Å². The molecule has 0 amide bonds. The Morgan fingerprint density at radius 1 is 0.526 bits per heavy atom. The Morgan fingerprint density at radius 3 is 1.42 bits per heavy atom. The third-order valence-electron chi connectivity index (χ3n) is 8.77. The molecule has 0 radical (unpaired) electrons. The number of ether oxygens (including phenoxy) is 2. The van der Waals surface area contributed by atoms with Crippen molar-refractivity contribution in [2.45, 2.75) is 174 Å². The summed E-state index contributed by atoms with van der Waals surface area (Å²) in [5.74, 6) is -0.941. The highest BCUT2D eigenvalue weighted by atomic mass is 31.2. The van der Waals surface area contributed by atoms with Gasteiger partial charge in [0, 0.05) is 19.4 Å². The highest BCUT2D eigenvalue weighted by Gasteiger charge is 2.25. The molecule has 0 aromatic carbocycles. The predicted molar refractivity (Wildman–Crippen MR) is 238 cm³/mol. The topological polar surface area (TPSA) is 134 Å². The second-order valence-electron chi connectivity index (χ2n) is 14.2. The Balaban J connectivity index is 4.30. The first-order valence-electron chi connectivity index (χ1n) is 22.1. The monoisotopic (exact) mass is 818 g/mol. The van der Waals surface area contributed by atoms with Crippen LogP contribution in [0.4, 0.5) is 0 Å². The molecule has 3 N–H and O–H groups in total. The number of phosphoric acid groups is 1. The zero-order valence-corrected chi connectivity index (χ0v) is 36.7. The molecule has 2 unspecified atom stereocenters. The molecule has 0 saturated carbocycles. The number of nitrogens with two attached hydrogens (primary N) is 1. The zero-order valence-electron chi connectivity index (χ0n) is 35.8. The lowest BCUT2D eigenvalue weighted by molar-refractivity contribution is -0.161. The summed E-state index contributed by atoms with van der Waals surface area (Å²) < 4.78 is 32.7. The lowest BCUT2D eigenvalue weighted by atomic mass is 10.1. The van der Waals surface area contributed by atoms with Gasteiger partial charge in [-0.15, -0.1) is 0 Å². The van der Waals surface area contributed by atoms with Crippen molar-refractivity contribution in [1.82, 2.24) is 0 Å². The number of hydrogen-bond donors (Lipinski definition) is 2. The number of unbranched alkanes of at least 4 members (excludes halogenated alkanes) is 13. The number of carbonyl (C=O) groups is 2. The fourth-order valence-electron chi connectivity index (χ4n) is 5.47. The molecule has 326 valence electrons. The molecule has 0 bridgehead atoms. The van der Waals surface area contributed by atoms with Crippen LogP contribution in [0.2, 0.25) is 0 Å². The fourth-order valence-corrected chi connectivity index (χ4v) is 6.23. The number of allylic oxidation sites excluding steroid dienone is 14. The molecule has 0 spiro atoms. The van der Waals surface area contributed by atoms with Gasteiger partial charge in [-0.3, -0.25) is 18.6 Å². The molecule has 0 heterocycles. The van der Waals surface area contributed by atoms with Crippen molar-refractivity contribution in [2.75, 3.05) is 26.4 Å². The van der Waals surface area contributed by atoms with Gasteiger partial charge in [-0.1, -0.05) is 157 Å². The highest BCUT2D eigenvalue weighted by molar-refractivity contribution is 7.47. The first kappa shape index (κ1) is 54.2. The largest absolute Gasteiger partial charge is 0.472 e. The normalized spacial score (nSPS) is 14.1. The lowest BCUT2D eigenvalue weighted by Gasteiger charge is -2.19. The quantitative estimate of drug-likeness (QED) is 0.0268. The van der Waals surface area contributed by atoms with E-state index >= 15 is 0 Å². The SMILES string of the molecule is CCCCCC=CCC=CCC=CCC=CCC=CCCC(=O)OC(COC(=O)CCCCCCCCCC=CCC=CCCCCC)COP(=O)(O)OCCN. The Bertz CT molecular complexity index is 1210. The van der Waals surface area contributed by atoms with Crippen LogP contribution in [0, 0.1) is 0 Å². The standard InChI is InChI=1S/C47H80NO8P/c1-3-5-7-9-11-13-15-17-19-21-22-24-26-28-30-32-34-36-38-40-47(50)56-45(44-55-57(51,52)54-42-41-48)43-53-46(49)39-37-35-33-31-29-27-25-23-20-18-16-14-12-10-8-6-4-2/h11-14,17-20,22,24,28,30,34,36,45H,3-10,15-16,21,23,25-27,29,31-33,35,37-44,48H2,1-2H3,(H,51,52). The molecule has 0 aliphatic carbocycles. The smallest absolute Gasteiger partial charge is 0.462 e. The number of esters is 2. The summed E-state index contributed by atoms with van der Waals surface area (Å²) in [5, 5.41) is 0. The maximum Gasteiger partial charge on any atom is 0.472 e. The van der Waals surface area contributed by atoms with Crippen LogP contribution in [-0.4, -0.2) is 49.3 Å². The van der Waals surface area contributed by atoms with Crippen molar-refractivity contribution in [3.63, 3.8) is 0 Å². The molecular weight excluding hydrogens is 737 g/mol. The number of carbonyl (C=O) groups excluding carboxylic acids is 2. The van der Waals surface area contributed by atoms with E-state index in [2.05, 4.69) is 86.8 Å². The maximum absolute atomic E-state index is 12.6. The predicted octanol–water partition coefficient (Wildman–Crippen LogP) is 12.8. The van der Waals surface area contributed by atoms with E-state index in [0.29, 0.717) is 12.8 Å². The van der Waals surface area contributed by atoms with Crippen LogP contribution in [-0.2, 0) is 32.7 Å². The Hall–Kier alpha value is -2.81. The van der Waals surface area contributed by atoms with E-state index in [4.69, 9.17) is 24.3 Å². The van der Waals surface area contributed by atoms with Crippen molar-refractivity contribution >= 4 is 19.8 Å². The molecular formula is C47H80NO8P. The summed E-state index contributed by atoms with van der Waals surface area (Å²) in [6.07, 6.45) is 53.4. The number of phosphoric ester groups is 1. The second-order valence-corrected chi connectivity index (χ2v) is 15.7. The molecule has 10 heteroatoms. The fraction of sp³-hybridized carbons (Fsp3) is 0.660. The number of rotatable bonds is 40. The average molecular weight is 818 g/mol. The van der Waals surface area contributed by atoms with E-state index < -0.39 is 32.5 Å². The van der Waals surface area contributed by atoms with Crippen LogP contribution in [0.15, 0.2) is 85.1 Å². The summed E-state index contributed by atoms with van der Waals surface area (Å²) in [4.78, 5) is 34.9. The molecule has 0 aliphatic rings. The first-order valence-corrected chi connectivity index (χ1v) is 23.6. The van der Waals surface area contributed by atoms with Crippen molar-refractivity contribution in [3.05, 3.63) is 85.1 Å². The molecule has 0 aliphatic heterocycles.